The van der Waals surface area contributed by atoms with E-state index in [0.29, 0.717) is 18.6 Å². The van der Waals surface area contributed by atoms with Crippen LogP contribution in [0, 0.1) is 6.92 Å². The molecule has 1 amide bonds. The maximum atomic E-state index is 11.6. The summed E-state index contributed by atoms with van der Waals surface area (Å²) in [6, 6.07) is 3.62. The molecule has 0 radical (unpaired) electrons. The molecule has 1 saturated carbocycles. The Morgan fingerprint density at radius 3 is 2.89 bits per heavy atom. The van der Waals surface area contributed by atoms with Gasteiger partial charge in [-0.05, 0) is 38.3 Å². The number of carbonyl (C=O) groups is 1. The second kappa shape index (κ2) is 6.02. The molecule has 0 saturated heterocycles. The first kappa shape index (κ1) is 13.8. The van der Waals surface area contributed by atoms with Crippen LogP contribution in [0.25, 0.3) is 0 Å². The van der Waals surface area contributed by atoms with Crippen molar-refractivity contribution in [3.63, 3.8) is 0 Å². The lowest BCUT2D eigenvalue weighted by atomic mass is 9.96. The van der Waals surface area contributed by atoms with Crippen LogP contribution in [-0.2, 0) is 4.79 Å². The summed E-state index contributed by atoms with van der Waals surface area (Å²) in [5.74, 6) is 1.23. The minimum absolute atomic E-state index is 0.181. The van der Waals surface area contributed by atoms with Gasteiger partial charge in [-0.15, -0.1) is 0 Å². The number of carbonyl (C=O) groups excluding carboxylic acids is 1. The van der Waals surface area contributed by atoms with E-state index in [1.54, 1.807) is 6.07 Å². The number of nitrogens with zero attached hydrogens (tertiary/aromatic N) is 1. The van der Waals surface area contributed by atoms with E-state index >= 15 is 0 Å². The Balaban J connectivity index is 1.71. The van der Waals surface area contributed by atoms with Crippen molar-refractivity contribution in [3.05, 3.63) is 23.7 Å². The smallest absolute Gasteiger partial charge is 0.240 e. The molecule has 19 heavy (non-hydrogen) atoms. The third-order valence-electron chi connectivity index (χ3n) is 3.49. The molecule has 0 aliphatic heterocycles. The van der Waals surface area contributed by atoms with Crippen molar-refractivity contribution in [2.45, 2.75) is 51.0 Å². The Bertz CT molecular complexity index is 459. The van der Waals surface area contributed by atoms with E-state index in [1.165, 1.54) is 6.21 Å². The van der Waals surface area contributed by atoms with Gasteiger partial charge in [-0.3, -0.25) is 4.79 Å². The molecular formula is C14H20N2O3. The number of amides is 1. The van der Waals surface area contributed by atoms with Crippen molar-refractivity contribution in [1.82, 2.24) is 5.43 Å². The van der Waals surface area contributed by atoms with Crippen LogP contribution in [0.1, 0.15) is 50.0 Å². The number of furan rings is 1. The van der Waals surface area contributed by atoms with E-state index in [-0.39, 0.29) is 5.91 Å². The molecule has 0 spiro atoms. The summed E-state index contributed by atoms with van der Waals surface area (Å²) in [5, 5.41) is 13.9. The molecule has 1 aliphatic carbocycles. The lowest BCUT2D eigenvalue weighted by Gasteiger charge is -2.20. The average Bonchev–Trinajstić information content (AvgIpc) is 2.97. The molecule has 5 heteroatoms. The molecule has 1 aliphatic rings. The third kappa shape index (κ3) is 4.21. The molecule has 0 aromatic carbocycles. The lowest BCUT2D eigenvalue weighted by molar-refractivity contribution is -0.122. The number of aryl methyl sites for hydroxylation is 1. The SMILES string of the molecule is Cc1ccc(C=NNC(=O)CCC2(O)CCCC2)o1. The van der Waals surface area contributed by atoms with Gasteiger partial charge in [0.2, 0.25) is 5.91 Å². The lowest BCUT2D eigenvalue weighted by Crippen LogP contribution is -2.27. The van der Waals surface area contributed by atoms with Crippen LogP contribution in [0.3, 0.4) is 0 Å². The first-order valence-corrected chi connectivity index (χ1v) is 6.68. The van der Waals surface area contributed by atoms with E-state index in [1.807, 2.05) is 13.0 Å². The number of rotatable bonds is 5. The Morgan fingerprint density at radius 1 is 1.53 bits per heavy atom. The van der Waals surface area contributed by atoms with Gasteiger partial charge in [-0.2, -0.15) is 5.10 Å². The highest BCUT2D eigenvalue weighted by molar-refractivity contribution is 5.80. The molecule has 2 rings (SSSR count). The number of aliphatic hydroxyl groups is 1. The largest absolute Gasteiger partial charge is 0.460 e. The number of hydrogen-bond donors (Lipinski definition) is 2. The third-order valence-corrected chi connectivity index (χ3v) is 3.49. The number of nitrogens with one attached hydrogen (secondary N) is 1. The topological polar surface area (TPSA) is 74.8 Å². The van der Waals surface area contributed by atoms with Gasteiger partial charge in [-0.25, -0.2) is 5.43 Å². The molecule has 2 N–H and O–H groups in total. The van der Waals surface area contributed by atoms with Crippen molar-refractivity contribution in [3.8, 4) is 0 Å². The normalized spacial score (nSPS) is 18.0. The fraction of sp³-hybridized carbons (Fsp3) is 0.571. The Kier molecular flexibility index (Phi) is 4.37. The molecule has 1 fully saturated rings. The first-order chi connectivity index (χ1) is 9.07. The molecule has 1 aromatic heterocycles. The van der Waals surface area contributed by atoms with Crippen molar-refractivity contribution in [2.75, 3.05) is 0 Å². The second-order valence-electron chi connectivity index (χ2n) is 5.17. The molecule has 0 atom stereocenters. The highest BCUT2D eigenvalue weighted by Crippen LogP contribution is 2.33. The Labute approximate surface area is 112 Å². The van der Waals surface area contributed by atoms with E-state index in [4.69, 9.17) is 4.42 Å². The molecule has 1 aromatic rings. The highest BCUT2D eigenvalue weighted by Gasteiger charge is 2.31. The fourth-order valence-corrected chi connectivity index (χ4v) is 2.38. The zero-order valence-corrected chi connectivity index (χ0v) is 11.2. The fourth-order valence-electron chi connectivity index (χ4n) is 2.38. The summed E-state index contributed by atoms with van der Waals surface area (Å²) in [6.07, 6.45) is 5.97. The number of hydrogen-bond acceptors (Lipinski definition) is 4. The molecule has 5 nitrogen and oxygen atoms in total. The summed E-state index contributed by atoms with van der Waals surface area (Å²) in [7, 11) is 0. The van der Waals surface area contributed by atoms with Crippen LogP contribution in [-0.4, -0.2) is 22.8 Å². The van der Waals surface area contributed by atoms with Gasteiger partial charge in [0.1, 0.15) is 11.5 Å². The van der Waals surface area contributed by atoms with Gasteiger partial charge in [0.25, 0.3) is 0 Å². The van der Waals surface area contributed by atoms with Crippen molar-refractivity contribution in [1.29, 1.82) is 0 Å². The van der Waals surface area contributed by atoms with Gasteiger partial charge >= 0.3 is 0 Å². The van der Waals surface area contributed by atoms with Crippen LogP contribution in [0.15, 0.2) is 21.7 Å². The minimum atomic E-state index is -0.640. The summed E-state index contributed by atoms with van der Waals surface area (Å²) in [6.45, 7) is 1.85. The monoisotopic (exact) mass is 264 g/mol. The highest BCUT2D eigenvalue weighted by atomic mass is 16.3. The molecular weight excluding hydrogens is 244 g/mol. The van der Waals surface area contributed by atoms with Crippen molar-refractivity contribution >= 4 is 12.1 Å². The molecule has 1 heterocycles. The predicted octanol–water partition coefficient (Wildman–Crippen LogP) is 2.12. The number of hydrazone groups is 1. The first-order valence-electron chi connectivity index (χ1n) is 6.68. The van der Waals surface area contributed by atoms with E-state index < -0.39 is 5.60 Å². The van der Waals surface area contributed by atoms with Crippen LogP contribution < -0.4 is 5.43 Å². The van der Waals surface area contributed by atoms with Crippen LogP contribution in [0.5, 0.6) is 0 Å². The van der Waals surface area contributed by atoms with Crippen LogP contribution >= 0.6 is 0 Å². The quantitative estimate of drug-likeness (QED) is 0.632. The second-order valence-corrected chi connectivity index (χ2v) is 5.17. The zero-order chi connectivity index (χ0) is 13.7. The van der Waals surface area contributed by atoms with Gasteiger partial charge in [0.15, 0.2) is 0 Å². The maximum Gasteiger partial charge on any atom is 0.240 e. The average molecular weight is 264 g/mol. The van der Waals surface area contributed by atoms with Gasteiger partial charge in [0, 0.05) is 6.42 Å². The summed E-state index contributed by atoms with van der Waals surface area (Å²) in [4.78, 5) is 11.6. The molecule has 104 valence electrons. The summed E-state index contributed by atoms with van der Waals surface area (Å²) < 4.78 is 5.28. The van der Waals surface area contributed by atoms with Crippen LogP contribution in [0.2, 0.25) is 0 Å². The van der Waals surface area contributed by atoms with E-state index in [9.17, 15) is 9.90 Å². The zero-order valence-electron chi connectivity index (χ0n) is 11.2. The maximum absolute atomic E-state index is 11.6. The summed E-state index contributed by atoms with van der Waals surface area (Å²) in [5.41, 5.74) is 1.80. The summed E-state index contributed by atoms with van der Waals surface area (Å²) >= 11 is 0. The predicted molar refractivity (Wildman–Crippen MR) is 71.8 cm³/mol. The molecule has 0 bridgehead atoms. The van der Waals surface area contributed by atoms with E-state index in [2.05, 4.69) is 10.5 Å². The van der Waals surface area contributed by atoms with Gasteiger partial charge < -0.3 is 9.52 Å². The Hall–Kier alpha value is -1.62. The standard InChI is InChI=1S/C14H20N2O3/c1-11-4-5-12(19-11)10-15-16-13(17)6-9-14(18)7-2-3-8-14/h4-5,10,18H,2-3,6-9H2,1H3,(H,16,17). The van der Waals surface area contributed by atoms with Gasteiger partial charge in [0.05, 0.1) is 11.8 Å². The van der Waals surface area contributed by atoms with Gasteiger partial charge in [-0.1, -0.05) is 12.8 Å². The minimum Gasteiger partial charge on any atom is -0.460 e. The van der Waals surface area contributed by atoms with Crippen molar-refractivity contribution in [2.24, 2.45) is 5.10 Å². The molecule has 0 unspecified atom stereocenters. The Morgan fingerprint density at radius 2 is 2.26 bits per heavy atom. The van der Waals surface area contributed by atoms with E-state index in [0.717, 1.165) is 31.4 Å². The van der Waals surface area contributed by atoms with Crippen LogP contribution in [0.4, 0.5) is 0 Å². The van der Waals surface area contributed by atoms with Crippen molar-refractivity contribution < 1.29 is 14.3 Å².